The van der Waals surface area contributed by atoms with Crippen LogP contribution in [0.25, 0.3) is 0 Å². The summed E-state index contributed by atoms with van der Waals surface area (Å²) in [6.45, 7) is 2.70. The van der Waals surface area contributed by atoms with Gasteiger partial charge in [-0.2, -0.15) is 0 Å². The molecule has 20 heavy (non-hydrogen) atoms. The highest BCUT2D eigenvalue weighted by Gasteiger charge is 2.09. The van der Waals surface area contributed by atoms with Gasteiger partial charge in [0, 0.05) is 18.4 Å². The maximum absolute atomic E-state index is 5.47. The van der Waals surface area contributed by atoms with E-state index in [0.29, 0.717) is 12.6 Å². The number of aryl methyl sites for hydroxylation is 1. The first kappa shape index (κ1) is 14.5. The van der Waals surface area contributed by atoms with Gasteiger partial charge in [0.1, 0.15) is 5.75 Å². The second kappa shape index (κ2) is 7.65. The van der Waals surface area contributed by atoms with E-state index < -0.39 is 0 Å². The van der Waals surface area contributed by atoms with Gasteiger partial charge in [-0.15, -0.1) is 0 Å². The van der Waals surface area contributed by atoms with E-state index in [1.54, 1.807) is 0 Å². The summed E-state index contributed by atoms with van der Waals surface area (Å²) < 4.78 is 5.47. The van der Waals surface area contributed by atoms with Crippen molar-refractivity contribution in [2.75, 3.05) is 13.7 Å². The summed E-state index contributed by atoms with van der Waals surface area (Å²) in [5, 5.41) is 3.38. The molecule has 1 heterocycles. The lowest BCUT2D eigenvalue weighted by Gasteiger charge is -2.17. The molecule has 1 unspecified atom stereocenters. The lowest BCUT2D eigenvalue weighted by molar-refractivity contribution is 0.340. The molecule has 1 aromatic heterocycles. The van der Waals surface area contributed by atoms with E-state index in [0.717, 1.165) is 18.6 Å². The van der Waals surface area contributed by atoms with Crippen molar-refractivity contribution >= 4 is 0 Å². The molecule has 0 amide bonds. The topological polar surface area (TPSA) is 34.1 Å². The number of aromatic nitrogens is 1. The van der Waals surface area contributed by atoms with Gasteiger partial charge < -0.3 is 10.1 Å². The highest BCUT2D eigenvalue weighted by molar-refractivity contribution is 5.29. The summed E-state index contributed by atoms with van der Waals surface area (Å²) >= 11 is 0. The van der Waals surface area contributed by atoms with Crippen LogP contribution < -0.4 is 10.1 Å². The number of nitrogens with one attached hydrogen (secondary N) is 1. The smallest absolute Gasteiger partial charge is 0.119 e. The van der Waals surface area contributed by atoms with Crippen molar-refractivity contribution in [1.82, 2.24) is 10.3 Å². The van der Waals surface area contributed by atoms with E-state index in [9.17, 15) is 0 Å². The van der Waals surface area contributed by atoms with E-state index in [2.05, 4.69) is 28.5 Å². The van der Waals surface area contributed by atoms with Crippen molar-refractivity contribution in [1.29, 1.82) is 0 Å². The van der Waals surface area contributed by atoms with Crippen LogP contribution in [-0.2, 0) is 6.42 Å². The molecular formula is C17H22N2O. The minimum absolute atomic E-state index is 0.353. The average molecular weight is 270 g/mol. The van der Waals surface area contributed by atoms with Gasteiger partial charge in [-0.1, -0.05) is 18.2 Å². The Morgan fingerprint density at radius 1 is 1.20 bits per heavy atom. The molecule has 106 valence electrons. The third-order valence-electron chi connectivity index (χ3n) is 3.39. The van der Waals surface area contributed by atoms with Crippen LogP contribution in [0.4, 0.5) is 0 Å². The van der Waals surface area contributed by atoms with Gasteiger partial charge in [0.05, 0.1) is 6.61 Å². The fourth-order valence-corrected chi connectivity index (χ4v) is 2.30. The molecule has 3 heteroatoms. The molecule has 0 saturated heterocycles. The molecule has 0 aliphatic carbocycles. The van der Waals surface area contributed by atoms with Crippen LogP contribution in [0.5, 0.6) is 5.75 Å². The molecule has 0 fully saturated rings. The SMILES string of the molecule is CCOc1ccc(C(CCc2cccnc2)NC)cc1. The zero-order valence-electron chi connectivity index (χ0n) is 12.2. The fourth-order valence-electron chi connectivity index (χ4n) is 2.30. The Bertz CT molecular complexity index is 496. The number of rotatable bonds is 7. The van der Waals surface area contributed by atoms with Crippen LogP contribution in [0.2, 0.25) is 0 Å². The number of hydrogen-bond donors (Lipinski definition) is 1. The molecule has 0 saturated carbocycles. The van der Waals surface area contributed by atoms with Gasteiger partial charge in [0.2, 0.25) is 0 Å². The van der Waals surface area contributed by atoms with Crippen molar-refractivity contribution < 1.29 is 4.74 Å². The monoisotopic (exact) mass is 270 g/mol. The Morgan fingerprint density at radius 3 is 2.60 bits per heavy atom. The Morgan fingerprint density at radius 2 is 2.00 bits per heavy atom. The zero-order chi connectivity index (χ0) is 14.2. The molecule has 0 aliphatic heterocycles. The van der Waals surface area contributed by atoms with Crippen molar-refractivity contribution in [2.24, 2.45) is 0 Å². The molecule has 1 aromatic carbocycles. The largest absolute Gasteiger partial charge is 0.494 e. The van der Waals surface area contributed by atoms with E-state index in [4.69, 9.17) is 4.74 Å². The van der Waals surface area contributed by atoms with Gasteiger partial charge in [0.25, 0.3) is 0 Å². The van der Waals surface area contributed by atoms with Crippen LogP contribution in [0, 0.1) is 0 Å². The standard InChI is InChI=1S/C17H22N2O/c1-3-20-16-9-7-15(8-10-16)17(18-2)11-6-14-5-4-12-19-13-14/h4-5,7-10,12-13,17-18H,3,6,11H2,1-2H3. The third-order valence-corrected chi connectivity index (χ3v) is 3.39. The summed E-state index contributed by atoms with van der Waals surface area (Å²) in [5.74, 6) is 0.929. The van der Waals surface area contributed by atoms with Gasteiger partial charge in [-0.25, -0.2) is 0 Å². The molecule has 2 rings (SSSR count). The van der Waals surface area contributed by atoms with Crippen LogP contribution >= 0.6 is 0 Å². The molecule has 0 spiro atoms. The predicted molar refractivity (Wildman–Crippen MR) is 82.0 cm³/mol. The number of nitrogens with zero attached hydrogens (tertiary/aromatic N) is 1. The first-order chi connectivity index (χ1) is 9.83. The van der Waals surface area contributed by atoms with Crippen molar-refractivity contribution in [3.63, 3.8) is 0 Å². The van der Waals surface area contributed by atoms with Crippen LogP contribution in [0.15, 0.2) is 48.8 Å². The molecule has 3 nitrogen and oxygen atoms in total. The van der Waals surface area contributed by atoms with Gasteiger partial charge in [-0.3, -0.25) is 4.98 Å². The molecular weight excluding hydrogens is 248 g/mol. The fraction of sp³-hybridized carbons (Fsp3) is 0.353. The summed E-state index contributed by atoms with van der Waals surface area (Å²) in [7, 11) is 2.00. The van der Waals surface area contributed by atoms with Gasteiger partial charge in [-0.05, 0) is 56.1 Å². The number of benzene rings is 1. The van der Waals surface area contributed by atoms with Crippen molar-refractivity contribution in [2.45, 2.75) is 25.8 Å². The first-order valence-corrected chi connectivity index (χ1v) is 7.12. The number of hydrogen-bond acceptors (Lipinski definition) is 3. The first-order valence-electron chi connectivity index (χ1n) is 7.12. The molecule has 0 bridgehead atoms. The van der Waals surface area contributed by atoms with Crippen molar-refractivity contribution in [3.8, 4) is 5.75 Å². The third kappa shape index (κ3) is 4.07. The molecule has 0 aliphatic rings. The Balaban J connectivity index is 1.97. The Hall–Kier alpha value is -1.87. The molecule has 1 N–H and O–H groups in total. The van der Waals surface area contributed by atoms with E-state index in [1.807, 2.05) is 44.6 Å². The highest BCUT2D eigenvalue weighted by atomic mass is 16.5. The Labute approximate surface area is 121 Å². The second-order valence-electron chi connectivity index (χ2n) is 4.74. The minimum Gasteiger partial charge on any atom is -0.494 e. The van der Waals surface area contributed by atoms with Gasteiger partial charge >= 0.3 is 0 Å². The molecule has 1 atom stereocenters. The zero-order valence-corrected chi connectivity index (χ0v) is 12.2. The van der Waals surface area contributed by atoms with E-state index in [1.165, 1.54) is 11.1 Å². The quantitative estimate of drug-likeness (QED) is 0.837. The highest BCUT2D eigenvalue weighted by Crippen LogP contribution is 2.21. The summed E-state index contributed by atoms with van der Waals surface area (Å²) in [4.78, 5) is 4.16. The lowest BCUT2D eigenvalue weighted by atomic mass is 10.00. The average Bonchev–Trinajstić information content (AvgIpc) is 2.51. The number of pyridine rings is 1. The number of ether oxygens (including phenoxy) is 1. The summed E-state index contributed by atoms with van der Waals surface area (Å²) in [6.07, 6.45) is 5.82. The maximum Gasteiger partial charge on any atom is 0.119 e. The predicted octanol–water partition coefficient (Wildman–Crippen LogP) is 3.37. The van der Waals surface area contributed by atoms with Crippen LogP contribution in [0.3, 0.4) is 0 Å². The van der Waals surface area contributed by atoms with E-state index in [-0.39, 0.29) is 0 Å². The van der Waals surface area contributed by atoms with Crippen LogP contribution in [-0.4, -0.2) is 18.6 Å². The molecule has 0 radical (unpaired) electrons. The summed E-state index contributed by atoms with van der Waals surface area (Å²) in [5.41, 5.74) is 2.57. The minimum atomic E-state index is 0.353. The summed E-state index contributed by atoms with van der Waals surface area (Å²) in [6, 6.07) is 12.8. The second-order valence-corrected chi connectivity index (χ2v) is 4.74. The lowest BCUT2D eigenvalue weighted by Crippen LogP contribution is -2.17. The van der Waals surface area contributed by atoms with Gasteiger partial charge in [0.15, 0.2) is 0 Å². The van der Waals surface area contributed by atoms with Crippen molar-refractivity contribution in [3.05, 3.63) is 59.9 Å². The molecule has 2 aromatic rings. The van der Waals surface area contributed by atoms with E-state index >= 15 is 0 Å². The maximum atomic E-state index is 5.47. The normalized spacial score (nSPS) is 12.1. The van der Waals surface area contributed by atoms with Crippen LogP contribution in [0.1, 0.15) is 30.5 Å². The Kier molecular flexibility index (Phi) is 5.56.